The third-order valence-corrected chi connectivity index (χ3v) is 4.81. The Hall–Kier alpha value is -3.35. The highest BCUT2D eigenvalue weighted by molar-refractivity contribution is 6.08. The second kappa shape index (κ2) is 8.12. The summed E-state index contributed by atoms with van der Waals surface area (Å²) in [6.45, 7) is 3.86. The van der Waals surface area contributed by atoms with Crippen LogP contribution in [0.4, 0.5) is 4.79 Å². The molecule has 0 saturated carbocycles. The highest BCUT2D eigenvalue weighted by Gasteiger charge is 2.52. The number of hydrogen-bond donors (Lipinski definition) is 2. The van der Waals surface area contributed by atoms with Crippen LogP contribution in [0, 0.1) is 6.92 Å². The van der Waals surface area contributed by atoms with Crippen molar-refractivity contribution in [3.8, 4) is 5.75 Å². The summed E-state index contributed by atoms with van der Waals surface area (Å²) in [5, 5.41) is 3.48. The molecule has 7 heteroatoms. The molecule has 3 rings (SSSR count). The van der Waals surface area contributed by atoms with E-state index in [2.05, 4.69) is 10.7 Å². The molecule has 1 saturated heterocycles. The Morgan fingerprint density at radius 3 is 2.46 bits per heavy atom. The number of hydrogen-bond acceptors (Lipinski definition) is 4. The molecule has 0 spiro atoms. The molecule has 1 fully saturated rings. The Bertz CT molecular complexity index is 884. The van der Waals surface area contributed by atoms with Crippen molar-refractivity contribution in [3.63, 3.8) is 0 Å². The fraction of sp³-hybridized carbons (Fsp3) is 0.286. The third-order valence-electron chi connectivity index (χ3n) is 4.81. The number of rotatable bonds is 7. The summed E-state index contributed by atoms with van der Waals surface area (Å²) in [5.41, 5.74) is 2.86. The third kappa shape index (κ3) is 3.69. The van der Waals surface area contributed by atoms with Crippen molar-refractivity contribution in [1.29, 1.82) is 0 Å². The number of hydrazine groups is 1. The van der Waals surface area contributed by atoms with E-state index in [1.54, 1.807) is 24.3 Å². The summed E-state index contributed by atoms with van der Waals surface area (Å²) >= 11 is 0. The van der Waals surface area contributed by atoms with Crippen molar-refractivity contribution in [2.24, 2.45) is 0 Å². The number of ether oxygens (including phenoxy) is 1. The van der Waals surface area contributed by atoms with Crippen LogP contribution >= 0.6 is 0 Å². The number of nitrogens with zero attached hydrogens (tertiary/aromatic N) is 1. The number of carbonyl (C=O) groups is 3. The molecule has 2 aromatic carbocycles. The summed E-state index contributed by atoms with van der Waals surface area (Å²) in [6.07, 6.45) is 0.375. The van der Waals surface area contributed by atoms with E-state index in [4.69, 9.17) is 4.74 Å². The van der Waals surface area contributed by atoms with Gasteiger partial charge in [0.2, 0.25) is 5.91 Å². The normalized spacial score (nSPS) is 18.7. The van der Waals surface area contributed by atoms with E-state index in [0.29, 0.717) is 17.7 Å². The number of imide groups is 1. The van der Waals surface area contributed by atoms with Crippen molar-refractivity contribution in [3.05, 3.63) is 65.7 Å². The number of carbonyl (C=O) groups excluding carboxylic acids is 3. The number of aryl methyl sites for hydroxylation is 1. The molecule has 28 heavy (non-hydrogen) atoms. The summed E-state index contributed by atoms with van der Waals surface area (Å²) in [4.78, 5) is 37.5. The smallest absolute Gasteiger partial charge is 0.344 e. The predicted octanol–water partition coefficient (Wildman–Crippen LogP) is 2.65. The van der Waals surface area contributed by atoms with E-state index in [0.717, 1.165) is 10.6 Å². The van der Waals surface area contributed by atoms with Gasteiger partial charge in [0.1, 0.15) is 11.3 Å². The predicted molar refractivity (Wildman–Crippen MR) is 103 cm³/mol. The van der Waals surface area contributed by atoms with Crippen molar-refractivity contribution in [2.45, 2.75) is 32.2 Å². The van der Waals surface area contributed by atoms with E-state index >= 15 is 0 Å². The molecule has 0 aromatic heterocycles. The number of urea groups is 1. The van der Waals surface area contributed by atoms with Gasteiger partial charge in [-0.05, 0) is 30.5 Å². The van der Waals surface area contributed by atoms with Crippen LogP contribution in [0.15, 0.2) is 54.6 Å². The number of para-hydroxylation sites is 1. The second-order valence-corrected chi connectivity index (χ2v) is 6.59. The van der Waals surface area contributed by atoms with E-state index in [1.165, 1.54) is 0 Å². The summed E-state index contributed by atoms with van der Waals surface area (Å²) in [7, 11) is 0. The molecule has 0 bridgehead atoms. The number of nitrogens with one attached hydrogen (secondary N) is 2. The lowest BCUT2D eigenvalue weighted by atomic mass is 9.87. The summed E-state index contributed by atoms with van der Waals surface area (Å²) in [5.74, 6) is -0.282. The van der Waals surface area contributed by atoms with Crippen LogP contribution in [-0.4, -0.2) is 29.5 Å². The molecule has 1 atom stereocenters. The van der Waals surface area contributed by atoms with Crippen molar-refractivity contribution < 1.29 is 19.1 Å². The molecule has 0 unspecified atom stereocenters. The zero-order valence-electron chi connectivity index (χ0n) is 15.9. The minimum atomic E-state index is -1.18. The first-order valence-corrected chi connectivity index (χ1v) is 9.18. The van der Waals surface area contributed by atoms with E-state index in [1.807, 2.05) is 44.2 Å². The van der Waals surface area contributed by atoms with Gasteiger partial charge in [-0.25, -0.2) is 4.79 Å². The fourth-order valence-corrected chi connectivity index (χ4v) is 3.19. The number of benzene rings is 2. The average molecular weight is 381 g/mol. The minimum Gasteiger partial charge on any atom is -0.493 e. The fourth-order valence-electron chi connectivity index (χ4n) is 3.19. The monoisotopic (exact) mass is 381 g/mol. The first-order valence-electron chi connectivity index (χ1n) is 9.18. The Balaban J connectivity index is 1.62. The average Bonchev–Trinajstić information content (AvgIpc) is 2.95. The topological polar surface area (TPSA) is 87.7 Å². The van der Waals surface area contributed by atoms with Crippen molar-refractivity contribution in [2.75, 3.05) is 6.61 Å². The maximum absolute atomic E-state index is 12.9. The van der Waals surface area contributed by atoms with Crippen LogP contribution in [0.25, 0.3) is 0 Å². The van der Waals surface area contributed by atoms with Gasteiger partial charge in [0.25, 0.3) is 5.91 Å². The molecular formula is C21H23N3O4. The van der Waals surface area contributed by atoms with Gasteiger partial charge in [-0.1, -0.05) is 55.5 Å². The second-order valence-electron chi connectivity index (χ2n) is 6.59. The zero-order valence-corrected chi connectivity index (χ0v) is 15.9. The van der Waals surface area contributed by atoms with Gasteiger partial charge in [-0.15, -0.1) is 0 Å². The molecule has 146 valence electrons. The Kier molecular flexibility index (Phi) is 5.63. The van der Waals surface area contributed by atoms with E-state index < -0.39 is 23.4 Å². The maximum atomic E-state index is 12.9. The SMILES string of the molecule is CC[C@]1(c2ccccc2)NC(=O)N(NC(=O)CCOc2ccccc2C)C1=O. The van der Waals surface area contributed by atoms with Crippen LogP contribution in [-0.2, 0) is 15.1 Å². The largest absolute Gasteiger partial charge is 0.493 e. The lowest BCUT2D eigenvalue weighted by molar-refractivity contribution is -0.139. The molecule has 1 aliphatic rings. The van der Waals surface area contributed by atoms with Crippen LogP contribution in [0.1, 0.15) is 30.9 Å². The molecule has 7 nitrogen and oxygen atoms in total. The molecule has 0 radical (unpaired) electrons. The zero-order chi connectivity index (χ0) is 20.1. The quantitative estimate of drug-likeness (QED) is 0.722. The van der Waals surface area contributed by atoms with Gasteiger partial charge in [0.05, 0.1) is 13.0 Å². The lowest BCUT2D eigenvalue weighted by Gasteiger charge is -2.25. The molecule has 1 heterocycles. The first kappa shape index (κ1) is 19.4. The van der Waals surface area contributed by atoms with Crippen LogP contribution < -0.4 is 15.5 Å². The van der Waals surface area contributed by atoms with Crippen molar-refractivity contribution in [1.82, 2.24) is 15.8 Å². The highest BCUT2D eigenvalue weighted by atomic mass is 16.5. The Labute approximate surface area is 163 Å². The molecule has 4 amide bonds. The maximum Gasteiger partial charge on any atom is 0.344 e. The molecule has 2 aromatic rings. The van der Waals surface area contributed by atoms with Gasteiger partial charge in [0, 0.05) is 0 Å². The number of amides is 4. The molecule has 2 N–H and O–H groups in total. The molecule has 1 aliphatic heterocycles. The van der Waals surface area contributed by atoms with Crippen LogP contribution in [0.5, 0.6) is 5.75 Å². The van der Waals surface area contributed by atoms with Crippen LogP contribution in [0.3, 0.4) is 0 Å². The van der Waals surface area contributed by atoms with Gasteiger partial charge in [-0.2, -0.15) is 5.01 Å². The summed E-state index contributed by atoms with van der Waals surface area (Å²) in [6, 6.07) is 15.8. The lowest BCUT2D eigenvalue weighted by Crippen LogP contribution is -2.48. The minimum absolute atomic E-state index is 0.00978. The van der Waals surface area contributed by atoms with E-state index in [9.17, 15) is 14.4 Å². The van der Waals surface area contributed by atoms with E-state index in [-0.39, 0.29) is 13.0 Å². The van der Waals surface area contributed by atoms with Gasteiger partial charge >= 0.3 is 6.03 Å². The molecule has 0 aliphatic carbocycles. The van der Waals surface area contributed by atoms with Crippen molar-refractivity contribution >= 4 is 17.8 Å². The first-order chi connectivity index (χ1) is 13.5. The Morgan fingerprint density at radius 2 is 1.79 bits per heavy atom. The Morgan fingerprint density at radius 1 is 1.11 bits per heavy atom. The van der Waals surface area contributed by atoms with Gasteiger partial charge in [0.15, 0.2) is 0 Å². The molecular weight excluding hydrogens is 358 g/mol. The van der Waals surface area contributed by atoms with Crippen LogP contribution in [0.2, 0.25) is 0 Å². The van der Waals surface area contributed by atoms with Gasteiger partial charge in [-0.3, -0.25) is 15.0 Å². The van der Waals surface area contributed by atoms with Gasteiger partial charge < -0.3 is 10.1 Å². The highest BCUT2D eigenvalue weighted by Crippen LogP contribution is 2.31. The standard InChI is InChI=1S/C21H23N3O4/c1-3-21(16-10-5-4-6-11-16)19(26)24(20(27)22-21)23-18(25)13-14-28-17-12-8-7-9-15(17)2/h4-12H,3,13-14H2,1-2H3,(H,22,27)(H,23,25)/t21-/m1/s1. The summed E-state index contributed by atoms with van der Waals surface area (Å²) < 4.78 is 5.59.